The second kappa shape index (κ2) is 7.00. The Kier molecular flexibility index (Phi) is 5.64. The lowest BCUT2D eigenvalue weighted by Crippen LogP contribution is -2.24. The molecule has 0 amide bonds. The van der Waals surface area contributed by atoms with E-state index in [-0.39, 0.29) is 5.56 Å². The van der Waals surface area contributed by atoms with Crippen molar-refractivity contribution in [1.82, 2.24) is 14.7 Å². The molecule has 0 aliphatic carbocycles. The molecule has 0 spiro atoms. The standard InChI is InChI=1S/C10H16N4O4S/c1-18-10(15)8-6-11-7-13-9(8)12-4-3-5-14-19(2,16)17/h6-7,14H,3-5H2,1-2H3,(H,11,12,13). The first-order valence-corrected chi connectivity index (χ1v) is 7.40. The van der Waals surface area contributed by atoms with Crippen molar-refractivity contribution in [2.75, 3.05) is 31.8 Å². The molecule has 0 fully saturated rings. The molecule has 0 aliphatic heterocycles. The fraction of sp³-hybridized carbons (Fsp3) is 0.500. The molecule has 0 aliphatic rings. The van der Waals surface area contributed by atoms with Crippen LogP contribution in [0.5, 0.6) is 0 Å². The number of hydrogen-bond acceptors (Lipinski definition) is 7. The largest absolute Gasteiger partial charge is 0.465 e. The van der Waals surface area contributed by atoms with Crippen molar-refractivity contribution in [2.45, 2.75) is 6.42 Å². The van der Waals surface area contributed by atoms with Crippen LogP contribution in [0.2, 0.25) is 0 Å². The number of carbonyl (C=O) groups excluding carboxylic acids is 1. The maximum absolute atomic E-state index is 11.4. The Bertz CT molecular complexity index is 532. The van der Waals surface area contributed by atoms with E-state index in [1.54, 1.807) is 0 Å². The molecule has 8 nitrogen and oxygen atoms in total. The Labute approximate surface area is 111 Å². The number of methoxy groups -OCH3 is 1. The SMILES string of the molecule is COC(=O)c1cncnc1NCCCNS(C)(=O)=O. The third-order valence-corrected chi connectivity index (χ3v) is 2.86. The van der Waals surface area contributed by atoms with Crippen molar-refractivity contribution in [3.8, 4) is 0 Å². The Morgan fingerprint density at radius 1 is 1.42 bits per heavy atom. The molecule has 0 radical (unpaired) electrons. The summed E-state index contributed by atoms with van der Waals surface area (Å²) in [6.07, 6.45) is 4.32. The zero-order valence-corrected chi connectivity index (χ0v) is 11.5. The van der Waals surface area contributed by atoms with Crippen LogP contribution in [0.3, 0.4) is 0 Å². The van der Waals surface area contributed by atoms with Crippen LogP contribution in [0.25, 0.3) is 0 Å². The van der Waals surface area contributed by atoms with Crippen molar-refractivity contribution in [2.24, 2.45) is 0 Å². The first kappa shape index (κ1) is 15.3. The lowest BCUT2D eigenvalue weighted by molar-refractivity contribution is 0.0601. The van der Waals surface area contributed by atoms with Gasteiger partial charge in [0.25, 0.3) is 0 Å². The van der Waals surface area contributed by atoms with Crippen LogP contribution in [0.15, 0.2) is 12.5 Å². The van der Waals surface area contributed by atoms with E-state index in [9.17, 15) is 13.2 Å². The van der Waals surface area contributed by atoms with E-state index in [0.29, 0.717) is 25.3 Å². The lowest BCUT2D eigenvalue weighted by atomic mass is 10.3. The topological polar surface area (TPSA) is 110 Å². The first-order chi connectivity index (χ1) is 8.94. The molecule has 9 heteroatoms. The van der Waals surface area contributed by atoms with Gasteiger partial charge < -0.3 is 10.1 Å². The second-order valence-electron chi connectivity index (χ2n) is 3.72. The van der Waals surface area contributed by atoms with Gasteiger partial charge in [0.15, 0.2) is 0 Å². The summed E-state index contributed by atoms with van der Waals surface area (Å²) < 4.78 is 28.6. The van der Waals surface area contributed by atoms with Crippen LogP contribution in [0.4, 0.5) is 5.82 Å². The molecule has 0 atom stereocenters. The quantitative estimate of drug-likeness (QED) is 0.519. The number of anilines is 1. The van der Waals surface area contributed by atoms with E-state index < -0.39 is 16.0 Å². The van der Waals surface area contributed by atoms with Gasteiger partial charge in [0.2, 0.25) is 10.0 Å². The molecule has 0 saturated heterocycles. The van der Waals surface area contributed by atoms with Gasteiger partial charge in [-0.3, -0.25) is 0 Å². The minimum absolute atomic E-state index is 0.237. The number of ether oxygens (including phenoxy) is 1. The number of hydrogen-bond donors (Lipinski definition) is 2. The van der Waals surface area contributed by atoms with Crippen molar-refractivity contribution in [3.63, 3.8) is 0 Å². The number of esters is 1. The molecule has 0 aromatic carbocycles. The maximum Gasteiger partial charge on any atom is 0.343 e. The maximum atomic E-state index is 11.4. The van der Waals surface area contributed by atoms with Crippen molar-refractivity contribution in [3.05, 3.63) is 18.1 Å². The first-order valence-electron chi connectivity index (χ1n) is 5.51. The summed E-state index contributed by atoms with van der Waals surface area (Å²) in [5, 5.41) is 2.93. The van der Waals surface area contributed by atoms with Crippen LogP contribution < -0.4 is 10.0 Å². The highest BCUT2D eigenvalue weighted by molar-refractivity contribution is 7.88. The molecule has 1 rings (SSSR count). The van der Waals surface area contributed by atoms with Gasteiger partial charge in [0.1, 0.15) is 17.7 Å². The zero-order chi connectivity index (χ0) is 14.3. The summed E-state index contributed by atoms with van der Waals surface area (Å²) in [7, 11) is -1.90. The fourth-order valence-electron chi connectivity index (χ4n) is 1.28. The summed E-state index contributed by atoms with van der Waals surface area (Å²) in [4.78, 5) is 19.1. The Balaban J connectivity index is 2.47. The van der Waals surface area contributed by atoms with Gasteiger partial charge in [-0.05, 0) is 6.42 Å². The Hall–Kier alpha value is -1.74. The summed E-state index contributed by atoms with van der Waals surface area (Å²) >= 11 is 0. The molecule has 1 heterocycles. The predicted octanol–water partition coefficient (Wildman–Crippen LogP) is -0.386. The van der Waals surface area contributed by atoms with Crippen LogP contribution in [-0.4, -0.2) is 50.8 Å². The highest BCUT2D eigenvalue weighted by atomic mass is 32.2. The van der Waals surface area contributed by atoms with Gasteiger partial charge in [-0.2, -0.15) is 0 Å². The second-order valence-corrected chi connectivity index (χ2v) is 5.56. The van der Waals surface area contributed by atoms with E-state index in [4.69, 9.17) is 0 Å². The van der Waals surface area contributed by atoms with Crippen LogP contribution in [-0.2, 0) is 14.8 Å². The van der Waals surface area contributed by atoms with Gasteiger partial charge in [-0.15, -0.1) is 0 Å². The van der Waals surface area contributed by atoms with Crippen molar-refractivity contribution >= 4 is 21.8 Å². The van der Waals surface area contributed by atoms with Gasteiger partial charge in [0.05, 0.1) is 13.4 Å². The van der Waals surface area contributed by atoms with Crippen LogP contribution in [0.1, 0.15) is 16.8 Å². The molecule has 1 aromatic heterocycles. The van der Waals surface area contributed by atoms with Gasteiger partial charge in [0, 0.05) is 19.3 Å². The summed E-state index contributed by atoms with van der Waals surface area (Å²) in [6, 6.07) is 0. The highest BCUT2D eigenvalue weighted by Gasteiger charge is 2.12. The summed E-state index contributed by atoms with van der Waals surface area (Å²) in [5.41, 5.74) is 0.237. The monoisotopic (exact) mass is 288 g/mol. The van der Waals surface area contributed by atoms with Gasteiger partial charge >= 0.3 is 5.97 Å². The number of aromatic nitrogens is 2. The van der Waals surface area contributed by atoms with E-state index in [2.05, 4.69) is 24.7 Å². The fourth-order valence-corrected chi connectivity index (χ4v) is 1.80. The zero-order valence-electron chi connectivity index (χ0n) is 10.7. The highest BCUT2D eigenvalue weighted by Crippen LogP contribution is 2.10. The molecule has 0 bridgehead atoms. The van der Waals surface area contributed by atoms with E-state index in [1.807, 2.05) is 0 Å². The number of rotatable bonds is 7. The summed E-state index contributed by atoms with van der Waals surface area (Å²) in [6.45, 7) is 0.772. The average Bonchev–Trinajstić information content (AvgIpc) is 2.36. The molecule has 1 aromatic rings. The lowest BCUT2D eigenvalue weighted by Gasteiger charge is -2.08. The molecule has 0 unspecified atom stereocenters. The smallest absolute Gasteiger partial charge is 0.343 e. The number of sulfonamides is 1. The third-order valence-electron chi connectivity index (χ3n) is 2.13. The van der Waals surface area contributed by atoms with Crippen molar-refractivity contribution < 1.29 is 17.9 Å². The van der Waals surface area contributed by atoms with E-state index >= 15 is 0 Å². The van der Waals surface area contributed by atoms with E-state index in [0.717, 1.165) is 6.26 Å². The Morgan fingerprint density at radius 2 is 2.16 bits per heavy atom. The molecule has 0 saturated carbocycles. The molecule has 106 valence electrons. The number of nitrogens with zero attached hydrogens (tertiary/aromatic N) is 2. The molecular weight excluding hydrogens is 272 g/mol. The normalized spacial score (nSPS) is 11.1. The number of carbonyl (C=O) groups is 1. The summed E-state index contributed by atoms with van der Waals surface area (Å²) in [5.74, 6) is -0.168. The molecule has 2 N–H and O–H groups in total. The third kappa shape index (κ3) is 5.62. The predicted molar refractivity (Wildman–Crippen MR) is 69.3 cm³/mol. The molecule has 19 heavy (non-hydrogen) atoms. The van der Waals surface area contributed by atoms with Gasteiger partial charge in [-0.1, -0.05) is 0 Å². The van der Waals surface area contributed by atoms with Crippen LogP contribution in [0, 0.1) is 0 Å². The van der Waals surface area contributed by atoms with Gasteiger partial charge in [-0.25, -0.2) is 27.9 Å². The Morgan fingerprint density at radius 3 is 2.79 bits per heavy atom. The molecular formula is C10H16N4O4S. The van der Waals surface area contributed by atoms with Crippen LogP contribution >= 0.6 is 0 Å². The number of nitrogens with one attached hydrogen (secondary N) is 2. The van der Waals surface area contributed by atoms with E-state index in [1.165, 1.54) is 19.6 Å². The van der Waals surface area contributed by atoms with Crippen molar-refractivity contribution in [1.29, 1.82) is 0 Å². The minimum atomic E-state index is -3.17. The minimum Gasteiger partial charge on any atom is -0.465 e. The average molecular weight is 288 g/mol.